The molecular weight excluding hydrogens is 342 g/mol. The predicted molar refractivity (Wildman–Crippen MR) is 106 cm³/mol. The Morgan fingerprint density at radius 2 is 2.04 bits per heavy atom. The van der Waals surface area contributed by atoms with Gasteiger partial charge in [-0.1, -0.05) is 37.9 Å². The van der Waals surface area contributed by atoms with E-state index in [-0.39, 0.29) is 11.8 Å². The number of primary amides is 1. The summed E-state index contributed by atoms with van der Waals surface area (Å²) in [7, 11) is 1.61. The second-order valence-electron chi connectivity index (χ2n) is 6.10. The summed E-state index contributed by atoms with van der Waals surface area (Å²) in [6.07, 6.45) is 8.92. The first-order chi connectivity index (χ1) is 11.5. The van der Waals surface area contributed by atoms with Gasteiger partial charge in [-0.3, -0.25) is 9.10 Å². The lowest BCUT2D eigenvalue weighted by atomic mass is 9.99. The smallest absolute Gasteiger partial charge is 0.221 e. The maximum atomic E-state index is 10.8. The van der Waals surface area contributed by atoms with Crippen LogP contribution in [0.4, 0.5) is 0 Å². The van der Waals surface area contributed by atoms with Gasteiger partial charge in [0.15, 0.2) is 0 Å². The highest BCUT2D eigenvalue weighted by molar-refractivity contribution is 7.97. The van der Waals surface area contributed by atoms with Crippen LogP contribution in [0.1, 0.15) is 39.5 Å². The first-order valence-electron chi connectivity index (χ1n) is 8.86. The fourth-order valence-corrected chi connectivity index (χ4v) is 4.10. The molecule has 7 heteroatoms. The zero-order chi connectivity index (χ0) is 17.9. The normalized spacial score (nSPS) is 27.6. The summed E-state index contributed by atoms with van der Waals surface area (Å²) in [5.41, 5.74) is 5.16. The maximum Gasteiger partial charge on any atom is 0.221 e. The minimum atomic E-state index is -0.216. The molecule has 2 N–H and O–H groups in total. The highest BCUT2D eigenvalue weighted by Gasteiger charge is 2.23. The Morgan fingerprint density at radius 1 is 1.33 bits per heavy atom. The molecular formula is C17H33N3O2S2. The van der Waals surface area contributed by atoms with Crippen LogP contribution >= 0.6 is 24.6 Å². The van der Waals surface area contributed by atoms with Gasteiger partial charge in [-0.2, -0.15) is 17.7 Å². The summed E-state index contributed by atoms with van der Waals surface area (Å²) in [6, 6.07) is 0. The summed E-state index contributed by atoms with van der Waals surface area (Å²) in [6.45, 7) is 8.24. The fourth-order valence-electron chi connectivity index (χ4n) is 2.77. The molecule has 0 aromatic heterocycles. The van der Waals surface area contributed by atoms with Gasteiger partial charge in [0.25, 0.3) is 0 Å². The van der Waals surface area contributed by atoms with Crippen molar-refractivity contribution in [3.8, 4) is 0 Å². The molecule has 1 aliphatic heterocycles. The van der Waals surface area contributed by atoms with Gasteiger partial charge in [0.2, 0.25) is 5.91 Å². The molecule has 0 saturated carbocycles. The standard InChI is InChI=1S/C10H19NS2.C7H14N2O2/c1-3-11(4-2)13-10-7-5-9(12)6-8-10;1-11-9-4-2-3-6(5-9)7(8)10/h5,7,9-10,12H,3-4,6,8H2,1-2H3;6H,2-5H2,1H3,(H2,8,10). The van der Waals surface area contributed by atoms with Crippen LogP contribution in [0.25, 0.3) is 0 Å². The van der Waals surface area contributed by atoms with Crippen LogP contribution in [-0.2, 0) is 9.63 Å². The molecule has 140 valence electrons. The number of amides is 1. The van der Waals surface area contributed by atoms with Crippen LogP contribution in [0.2, 0.25) is 0 Å². The van der Waals surface area contributed by atoms with E-state index in [0.717, 1.165) is 32.5 Å². The summed E-state index contributed by atoms with van der Waals surface area (Å²) in [5.74, 6) is -0.240. The Kier molecular flexibility index (Phi) is 11.1. The maximum absolute atomic E-state index is 10.8. The van der Waals surface area contributed by atoms with Gasteiger partial charge in [0, 0.05) is 36.7 Å². The molecule has 1 amide bonds. The Morgan fingerprint density at radius 3 is 2.54 bits per heavy atom. The van der Waals surface area contributed by atoms with E-state index in [2.05, 4.69) is 42.9 Å². The lowest BCUT2D eigenvalue weighted by Gasteiger charge is -2.28. The number of carbonyl (C=O) groups is 1. The van der Waals surface area contributed by atoms with Crippen molar-refractivity contribution in [3.05, 3.63) is 12.2 Å². The van der Waals surface area contributed by atoms with E-state index in [0.29, 0.717) is 17.0 Å². The van der Waals surface area contributed by atoms with E-state index in [1.165, 1.54) is 12.8 Å². The predicted octanol–water partition coefficient (Wildman–Crippen LogP) is 2.74. The molecule has 24 heavy (non-hydrogen) atoms. The Labute approximate surface area is 156 Å². The van der Waals surface area contributed by atoms with E-state index in [9.17, 15) is 4.79 Å². The third kappa shape index (κ3) is 8.25. The van der Waals surface area contributed by atoms with Gasteiger partial charge in [-0.05, 0) is 25.7 Å². The molecule has 3 atom stereocenters. The van der Waals surface area contributed by atoms with Gasteiger partial charge in [-0.15, -0.1) is 0 Å². The molecule has 1 fully saturated rings. The van der Waals surface area contributed by atoms with E-state index >= 15 is 0 Å². The lowest BCUT2D eigenvalue weighted by molar-refractivity contribution is -0.159. The third-order valence-corrected chi connectivity index (χ3v) is 6.24. The van der Waals surface area contributed by atoms with Crippen molar-refractivity contribution in [2.45, 2.75) is 50.0 Å². The Hall–Kier alpha value is -0.210. The monoisotopic (exact) mass is 375 g/mol. The Balaban J connectivity index is 0.000000243. The summed E-state index contributed by atoms with van der Waals surface area (Å²) >= 11 is 6.41. The number of rotatable bonds is 6. The number of piperidine rings is 1. The van der Waals surface area contributed by atoms with Crippen molar-refractivity contribution in [1.82, 2.24) is 9.37 Å². The van der Waals surface area contributed by atoms with E-state index in [1.807, 2.05) is 11.9 Å². The average molecular weight is 376 g/mol. The van der Waals surface area contributed by atoms with Gasteiger partial charge in [-0.25, -0.2) is 0 Å². The van der Waals surface area contributed by atoms with Crippen LogP contribution in [-0.4, -0.2) is 59.1 Å². The van der Waals surface area contributed by atoms with E-state index < -0.39 is 0 Å². The molecule has 0 aromatic carbocycles. The highest BCUT2D eigenvalue weighted by atomic mass is 32.2. The van der Waals surface area contributed by atoms with Crippen LogP contribution < -0.4 is 5.73 Å². The minimum absolute atomic E-state index is 0.0244. The molecule has 2 rings (SSSR count). The quantitative estimate of drug-likeness (QED) is 0.425. The van der Waals surface area contributed by atoms with Crippen LogP contribution in [0.5, 0.6) is 0 Å². The second kappa shape index (κ2) is 12.2. The van der Waals surface area contributed by atoms with Crippen molar-refractivity contribution < 1.29 is 9.63 Å². The molecule has 5 nitrogen and oxygen atoms in total. The minimum Gasteiger partial charge on any atom is -0.369 e. The van der Waals surface area contributed by atoms with Crippen molar-refractivity contribution in [2.24, 2.45) is 11.7 Å². The SMILES string of the molecule is CCN(CC)SC1C=CC(S)CC1.CON1CCCC(C(N)=O)C1. The van der Waals surface area contributed by atoms with Gasteiger partial charge >= 0.3 is 0 Å². The number of hydrogen-bond donors (Lipinski definition) is 2. The van der Waals surface area contributed by atoms with Crippen molar-refractivity contribution in [2.75, 3.05) is 33.3 Å². The summed E-state index contributed by atoms with van der Waals surface area (Å²) in [4.78, 5) is 15.8. The average Bonchev–Trinajstić information content (AvgIpc) is 2.61. The number of carbonyl (C=O) groups excluding carboxylic acids is 1. The van der Waals surface area contributed by atoms with Crippen molar-refractivity contribution >= 4 is 30.5 Å². The van der Waals surface area contributed by atoms with Crippen LogP contribution in [0.3, 0.4) is 0 Å². The largest absolute Gasteiger partial charge is 0.369 e. The molecule has 1 saturated heterocycles. The zero-order valence-electron chi connectivity index (χ0n) is 15.2. The fraction of sp³-hybridized carbons (Fsp3) is 0.824. The third-order valence-electron chi connectivity index (χ3n) is 4.33. The zero-order valence-corrected chi connectivity index (χ0v) is 16.9. The number of nitrogens with zero attached hydrogens (tertiary/aromatic N) is 2. The number of nitrogens with two attached hydrogens (primary N) is 1. The summed E-state index contributed by atoms with van der Waals surface area (Å²) in [5, 5.41) is 2.95. The van der Waals surface area contributed by atoms with E-state index in [4.69, 9.17) is 10.6 Å². The van der Waals surface area contributed by atoms with Gasteiger partial charge in [0.1, 0.15) is 0 Å². The van der Waals surface area contributed by atoms with Crippen LogP contribution in [0, 0.1) is 5.92 Å². The van der Waals surface area contributed by atoms with E-state index in [1.54, 1.807) is 12.2 Å². The van der Waals surface area contributed by atoms with Crippen LogP contribution in [0.15, 0.2) is 12.2 Å². The summed E-state index contributed by atoms with van der Waals surface area (Å²) < 4.78 is 2.41. The number of thiol groups is 1. The van der Waals surface area contributed by atoms with Crippen molar-refractivity contribution in [1.29, 1.82) is 0 Å². The molecule has 0 aromatic rings. The molecule has 1 heterocycles. The molecule has 0 spiro atoms. The first-order valence-corrected chi connectivity index (χ1v) is 10.2. The molecule has 2 aliphatic rings. The number of hydrogen-bond acceptors (Lipinski definition) is 6. The van der Waals surface area contributed by atoms with Gasteiger partial charge < -0.3 is 10.6 Å². The molecule has 1 aliphatic carbocycles. The molecule has 0 bridgehead atoms. The highest BCUT2D eigenvalue weighted by Crippen LogP contribution is 2.27. The molecule has 0 radical (unpaired) electrons. The van der Waals surface area contributed by atoms with Crippen molar-refractivity contribution in [3.63, 3.8) is 0 Å². The number of hydroxylamine groups is 2. The second-order valence-corrected chi connectivity index (χ2v) is 8.10. The first kappa shape index (κ1) is 21.8. The van der Waals surface area contributed by atoms with Gasteiger partial charge in [0.05, 0.1) is 13.0 Å². The topological polar surface area (TPSA) is 58.8 Å². The Bertz CT molecular complexity index is 392. The molecule has 3 unspecified atom stereocenters. The lowest BCUT2D eigenvalue weighted by Crippen LogP contribution is -2.40.